The normalized spacial score (nSPS) is 48.8. The smallest absolute Gasteiger partial charge is 0.0751 e. The van der Waals surface area contributed by atoms with Crippen LogP contribution in [0.25, 0.3) is 0 Å². The fourth-order valence-corrected chi connectivity index (χ4v) is 3.69. The number of rotatable bonds is 0. The highest BCUT2D eigenvalue weighted by Crippen LogP contribution is 2.53. The van der Waals surface area contributed by atoms with Crippen molar-refractivity contribution >= 4 is 0 Å². The Bertz CT molecular complexity index is 332. The van der Waals surface area contributed by atoms with Gasteiger partial charge in [-0.15, -0.1) is 0 Å². The predicted octanol–water partition coefficient (Wildman–Crippen LogP) is 2.89. The average Bonchev–Trinajstić information content (AvgIpc) is 2.46. The second kappa shape index (κ2) is 4.10. The maximum Gasteiger partial charge on any atom is 0.0751 e. The molecule has 0 aromatic carbocycles. The van der Waals surface area contributed by atoms with Crippen LogP contribution in [-0.4, -0.2) is 21.9 Å². The van der Waals surface area contributed by atoms with E-state index in [0.717, 1.165) is 24.8 Å². The lowest BCUT2D eigenvalue weighted by Crippen LogP contribution is -2.36. The van der Waals surface area contributed by atoms with Gasteiger partial charge in [-0.3, -0.25) is 0 Å². The zero-order chi connectivity index (χ0) is 12.8. The predicted molar refractivity (Wildman–Crippen MR) is 69.6 cm³/mol. The van der Waals surface area contributed by atoms with Crippen LogP contribution in [0.2, 0.25) is 0 Å². The highest BCUT2D eigenvalue weighted by atomic mass is 16.3. The minimum absolute atomic E-state index is 0.170. The molecule has 3 unspecified atom stereocenters. The van der Waals surface area contributed by atoms with Crippen molar-refractivity contribution in [1.29, 1.82) is 0 Å². The first-order chi connectivity index (χ1) is 7.74. The van der Waals surface area contributed by atoms with Crippen LogP contribution >= 0.6 is 0 Å². The van der Waals surface area contributed by atoms with Crippen LogP contribution in [0, 0.1) is 17.3 Å². The fourth-order valence-electron chi connectivity index (χ4n) is 3.69. The number of hydrogen-bond acceptors (Lipinski definition) is 2. The summed E-state index contributed by atoms with van der Waals surface area (Å²) in [7, 11) is 0. The second-order valence-corrected chi connectivity index (χ2v) is 7.01. The van der Waals surface area contributed by atoms with E-state index >= 15 is 0 Å². The molecule has 1 saturated carbocycles. The van der Waals surface area contributed by atoms with Gasteiger partial charge in [0.25, 0.3) is 0 Å². The van der Waals surface area contributed by atoms with Crippen molar-refractivity contribution in [1.82, 2.24) is 0 Å². The average molecular weight is 238 g/mol. The van der Waals surface area contributed by atoms with E-state index in [4.69, 9.17) is 0 Å². The van der Waals surface area contributed by atoms with Crippen LogP contribution in [0.15, 0.2) is 11.6 Å². The van der Waals surface area contributed by atoms with Crippen molar-refractivity contribution in [3.63, 3.8) is 0 Å². The lowest BCUT2D eigenvalue weighted by molar-refractivity contribution is -0.0286. The number of allylic oxidation sites excluding steroid dienone is 1. The Hall–Kier alpha value is -0.340. The first kappa shape index (κ1) is 13.1. The molecule has 0 saturated heterocycles. The summed E-state index contributed by atoms with van der Waals surface area (Å²) in [6.45, 7) is 8.63. The number of aliphatic hydroxyl groups is 2. The molecule has 17 heavy (non-hydrogen) atoms. The van der Waals surface area contributed by atoms with Crippen LogP contribution in [0.3, 0.4) is 0 Å². The minimum Gasteiger partial charge on any atom is -0.390 e. The molecular weight excluding hydrogens is 212 g/mol. The first-order valence-corrected chi connectivity index (χ1v) is 6.82. The number of hydrogen-bond donors (Lipinski definition) is 2. The fraction of sp³-hybridized carbons (Fsp3) is 0.867. The van der Waals surface area contributed by atoms with Gasteiger partial charge in [0.2, 0.25) is 0 Å². The Kier molecular flexibility index (Phi) is 3.16. The lowest BCUT2D eigenvalue weighted by atomic mass is 9.77. The summed E-state index contributed by atoms with van der Waals surface area (Å²) in [4.78, 5) is 0. The molecule has 0 radical (unpaired) electrons. The molecule has 0 aromatic rings. The molecule has 2 nitrogen and oxygen atoms in total. The molecule has 2 aliphatic carbocycles. The Balaban J connectivity index is 2.32. The van der Waals surface area contributed by atoms with E-state index in [1.165, 1.54) is 0 Å². The van der Waals surface area contributed by atoms with Crippen molar-refractivity contribution in [2.75, 3.05) is 0 Å². The van der Waals surface area contributed by atoms with Crippen molar-refractivity contribution < 1.29 is 10.2 Å². The summed E-state index contributed by atoms with van der Waals surface area (Å²) >= 11 is 0. The van der Waals surface area contributed by atoms with Gasteiger partial charge in [0.15, 0.2) is 0 Å². The Labute approximate surface area is 105 Å². The van der Waals surface area contributed by atoms with Crippen LogP contribution in [0.4, 0.5) is 0 Å². The summed E-state index contributed by atoms with van der Waals surface area (Å²) in [6, 6.07) is 0. The maximum atomic E-state index is 10.8. The van der Waals surface area contributed by atoms with Crippen molar-refractivity contribution in [3.8, 4) is 0 Å². The topological polar surface area (TPSA) is 40.5 Å². The third-order valence-corrected chi connectivity index (χ3v) is 5.21. The van der Waals surface area contributed by atoms with Gasteiger partial charge in [-0.25, -0.2) is 0 Å². The molecule has 2 rings (SSSR count). The van der Waals surface area contributed by atoms with Gasteiger partial charge in [0.1, 0.15) is 0 Å². The van der Waals surface area contributed by atoms with Crippen LogP contribution in [0.5, 0.6) is 0 Å². The van der Waals surface area contributed by atoms with E-state index in [-0.39, 0.29) is 17.4 Å². The Morgan fingerprint density at radius 2 is 2.00 bits per heavy atom. The molecule has 2 heteroatoms. The van der Waals surface area contributed by atoms with Crippen LogP contribution in [-0.2, 0) is 0 Å². The molecule has 2 aliphatic rings. The summed E-state index contributed by atoms with van der Waals surface area (Å²) in [5, 5.41) is 20.9. The van der Waals surface area contributed by atoms with Gasteiger partial charge < -0.3 is 10.2 Å². The number of fused-ring (bicyclic) bond motifs is 2. The molecule has 0 aromatic heterocycles. The van der Waals surface area contributed by atoms with Gasteiger partial charge in [-0.2, -0.15) is 0 Å². The first-order valence-electron chi connectivity index (χ1n) is 6.82. The maximum absolute atomic E-state index is 10.8. The molecule has 0 aliphatic heterocycles. The lowest BCUT2D eigenvalue weighted by Gasteiger charge is -2.33. The summed E-state index contributed by atoms with van der Waals surface area (Å²) in [5.41, 5.74) is 0.708. The molecule has 4 atom stereocenters. The molecule has 1 fully saturated rings. The van der Waals surface area contributed by atoms with E-state index in [1.807, 2.05) is 6.92 Å². The SMILES string of the molecule is C/C1=C/CC2C[C@@](O)(CC2(C)C)C(C)CC1O. The number of aliphatic hydroxyl groups excluding tert-OH is 1. The third kappa shape index (κ3) is 2.30. The zero-order valence-corrected chi connectivity index (χ0v) is 11.5. The summed E-state index contributed by atoms with van der Waals surface area (Å²) < 4.78 is 0. The van der Waals surface area contributed by atoms with Gasteiger partial charge in [0, 0.05) is 0 Å². The highest BCUT2D eigenvalue weighted by Gasteiger charge is 2.51. The zero-order valence-electron chi connectivity index (χ0n) is 11.5. The molecular formula is C15H26O2. The van der Waals surface area contributed by atoms with Gasteiger partial charge in [0.05, 0.1) is 11.7 Å². The van der Waals surface area contributed by atoms with Crippen LogP contribution < -0.4 is 0 Å². The molecule has 2 bridgehead atoms. The largest absolute Gasteiger partial charge is 0.390 e. The Morgan fingerprint density at radius 1 is 1.35 bits per heavy atom. The van der Waals surface area contributed by atoms with Crippen molar-refractivity contribution in [3.05, 3.63) is 11.6 Å². The minimum atomic E-state index is -0.576. The summed E-state index contributed by atoms with van der Waals surface area (Å²) in [5.74, 6) is 0.707. The monoisotopic (exact) mass is 238 g/mol. The van der Waals surface area contributed by atoms with Crippen molar-refractivity contribution in [2.45, 2.75) is 65.1 Å². The molecule has 98 valence electrons. The van der Waals surface area contributed by atoms with E-state index in [2.05, 4.69) is 26.8 Å². The quantitative estimate of drug-likeness (QED) is 0.637. The third-order valence-electron chi connectivity index (χ3n) is 5.21. The molecule has 0 amide bonds. The van der Waals surface area contributed by atoms with Crippen LogP contribution in [0.1, 0.15) is 53.4 Å². The van der Waals surface area contributed by atoms with Gasteiger partial charge in [-0.05, 0) is 55.4 Å². The standard InChI is InChI=1S/C15H26O2/c1-10-5-6-12-8-15(17,9-14(12,3)4)11(2)7-13(10)16/h5,11-13,16-17H,6-9H2,1-4H3/b10-5-/t11?,12?,13?,15-/m1/s1. The van der Waals surface area contributed by atoms with E-state index in [0.29, 0.717) is 12.3 Å². The van der Waals surface area contributed by atoms with Gasteiger partial charge in [-0.1, -0.05) is 26.8 Å². The Morgan fingerprint density at radius 3 is 2.65 bits per heavy atom. The molecule has 2 N–H and O–H groups in total. The van der Waals surface area contributed by atoms with E-state index < -0.39 is 5.60 Å². The van der Waals surface area contributed by atoms with E-state index in [1.54, 1.807) is 0 Å². The molecule has 0 heterocycles. The van der Waals surface area contributed by atoms with Crippen molar-refractivity contribution in [2.24, 2.45) is 17.3 Å². The molecule has 0 spiro atoms. The van der Waals surface area contributed by atoms with Gasteiger partial charge >= 0.3 is 0 Å². The van der Waals surface area contributed by atoms with E-state index in [9.17, 15) is 10.2 Å². The summed E-state index contributed by atoms with van der Waals surface area (Å²) in [6.07, 6.45) is 5.23. The second-order valence-electron chi connectivity index (χ2n) is 7.01. The highest BCUT2D eigenvalue weighted by molar-refractivity contribution is 5.12.